The Morgan fingerprint density at radius 1 is 0.848 bits per heavy atom. The highest BCUT2D eigenvalue weighted by Gasteiger charge is 2.14. The van der Waals surface area contributed by atoms with Crippen molar-refractivity contribution in [3.63, 3.8) is 0 Å². The third-order valence-electron chi connectivity index (χ3n) is 5.66. The van der Waals surface area contributed by atoms with Crippen molar-refractivity contribution in [1.29, 1.82) is 0 Å². The van der Waals surface area contributed by atoms with Gasteiger partial charge in [-0.1, -0.05) is 17.7 Å². The molecule has 1 heterocycles. The van der Waals surface area contributed by atoms with Crippen LogP contribution in [0.15, 0.2) is 48.5 Å². The summed E-state index contributed by atoms with van der Waals surface area (Å²) in [5, 5.41) is 14.8. The number of nitrogens with zero attached hydrogens (tertiary/aromatic N) is 2. The van der Waals surface area contributed by atoms with Crippen molar-refractivity contribution in [1.82, 2.24) is 10.2 Å². The lowest BCUT2D eigenvalue weighted by Crippen LogP contribution is -2.06. The predicted molar refractivity (Wildman–Crippen MR) is 133 cm³/mol. The molecule has 0 aliphatic carbocycles. The van der Waals surface area contributed by atoms with Crippen LogP contribution < -0.4 is 19.5 Å². The van der Waals surface area contributed by atoms with Gasteiger partial charge >= 0.3 is 0 Å². The molecule has 7 heteroatoms. The van der Waals surface area contributed by atoms with Gasteiger partial charge in [0.25, 0.3) is 0 Å². The van der Waals surface area contributed by atoms with E-state index in [1.807, 2.05) is 44.2 Å². The highest BCUT2D eigenvalue weighted by Crippen LogP contribution is 2.38. The highest BCUT2D eigenvalue weighted by atomic mass is 35.5. The lowest BCUT2D eigenvalue weighted by atomic mass is 9.98. The zero-order valence-electron chi connectivity index (χ0n) is 19.3. The molecule has 0 amide bonds. The molecule has 0 aliphatic heterocycles. The van der Waals surface area contributed by atoms with Crippen LogP contribution in [0.2, 0.25) is 5.02 Å². The third-order valence-corrected chi connectivity index (χ3v) is 5.88. The minimum atomic E-state index is 0.531. The average Bonchev–Trinajstić information content (AvgIpc) is 2.83. The van der Waals surface area contributed by atoms with Crippen LogP contribution in [-0.2, 0) is 6.54 Å². The number of anilines is 1. The summed E-state index contributed by atoms with van der Waals surface area (Å²) < 4.78 is 16.5. The van der Waals surface area contributed by atoms with Gasteiger partial charge in [0.1, 0.15) is 17.2 Å². The van der Waals surface area contributed by atoms with Gasteiger partial charge in [-0.3, -0.25) is 0 Å². The third kappa shape index (κ3) is 4.52. The Labute approximate surface area is 198 Å². The Kier molecular flexibility index (Phi) is 6.56. The molecule has 0 radical (unpaired) electrons. The molecule has 0 spiro atoms. The van der Waals surface area contributed by atoms with Gasteiger partial charge in [-0.2, -0.15) is 5.10 Å². The van der Waals surface area contributed by atoms with E-state index in [2.05, 4.69) is 33.7 Å². The van der Waals surface area contributed by atoms with Crippen molar-refractivity contribution in [3.05, 3.63) is 70.4 Å². The number of nitrogens with one attached hydrogen (secondary N) is 1. The van der Waals surface area contributed by atoms with Gasteiger partial charge in [0.15, 0.2) is 5.82 Å². The average molecular weight is 464 g/mol. The van der Waals surface area contributed by atoms with Crippen LogP contribution in [-0.4, -0.2) is 31.5 Å². The number of hydrogen-bond acceptors (Lipinski definition) is 6. The monoisotopic (exact) mass is 463 g/mol. The summed E-state index contributed by atoms with van der Waals surface area (Å²) in [5.74, 6) is 3.00. The fraction of sp³-hybridized carbons (Fsp3) is 0.231. The Morgan fingerprint density at radius 2 is 1.67 bits per heavy atom. The molecule has 3 aromatic carbocycles. The smallest absolute Gasteiger partial charge is 0.156 e. The predicted octanol–water partition coefficient (Wildman–Crippen LogP) is 6.20. The molecule has 1 aromatic heterocycles. The van der Waals surface area contributed by atoms with Crippen molar-refractivity contribution in [2.24, 2.45) is 0 Å². The zero-order valence-corrected chi connectivity index (χ0v) is 20.1. The number of rotatable bonds is 7. The van der Waals surface area contributed by atoms with Crippen molar-refractivity contribution in [2.75, 3.05) is 26.6 Å². The Balaban J connectivity index is 1.71. The number of ether oxygens (including phenoxy) is 3. The van der Waals surface area contributed by atoms with Gasteiger partial charge in [0.2, 0.25) is 0 Å². The van der Waals surface area contributed by atoms with Gasteiger partial charge in [-0.25, -0.2) is 0 Å². The minimum Gasteiger partial charge on any atom is -0.497 e. The van der Waals surface area contributed by atoms with Crippen LogP contribution in [0.3, 0.4) is 0 Å². The van der Waals surface area contributed by atoms with Crippen LogP contribution in [0, 0.1) is 13.8 Å². The molecule has 4 aromatic rings. The molecule has 4 rings (SSSR count). The van der Waals surface area contributed by atoms with Gasteiger partial charge in [-0.15, -0.1) is 5.10 Å². The largest absolute Gasteiger partial charge is 0.497 e. The van der Waals surface area contributed by atoms with E-state index in [4.69, 9.17) is 25.8 Å². The molecule has 0 aliphatic rings. The number of benzene rings is 3. The minimum absolute atomic E-state index is 0.531. The first kappa shape index (κ1) is 22.7. The quantitative estimate of drug-likeness (QED) is 0.351. The molecule has 0 saturated heterocycles. The standard InChI is InChI=1S/C26H26ClN3O3/c1-15-10-19(27)12-23(25(15)33-5)17-7-9-21-22(11-17)16(2)29-30-26(21)28-14-18-6-8-20(31-3)13-24(18)32-4/h6-13H,14H2,1-5H3,(H,28,30). The first-order valence-corrected chi connectivity index (χ1v) is 10.9. The molecule has 1 N–H and O–H groups in total. The number of aryl methyl sites for hydroxylation is 2. The van der Waals surface area contributed by atoms with E-state index in [9.17, 15) is 0 Å². The molecule has 0 fully saturated rings. The lowest BCUT2D eigenvalue weighted by Gasteiger charge is -2.15. The Hall–Kier alpha value is -3.51. The second-order valence-electron chi connectivity index (χ2n) is 7.73. The fourth-order valence-corrected chi connectivity index (χ4v) is 4.25. The van der Waals surface area contributed by atoms with Crippen molar-refractivity contribution in [2.45, 2.75) is 20.4 Å². The van der Waals surface area contributed by atoms with E-state index in [1.165, 1.54) is 0 Å². The van der Waals surface area contributed by atoms with Crippen LogP contribution in [0.5, 0.6) is 17.2 Å². The topological polar surface area (TPSA) is 65.5 Å². The number of aromatic nitrogens is 2. The maximum Gasteiger partial charge on any atom is 0.156 e. The molecule has 0 saturated carbocycles. The molecule has 33 heavy (non-hydrogen) atoms. The van der Waals surface area contributed by atoms with E-state index in [0.717, 1.165) is 56.0 Å². The van der Waals surface area contributed by atoms with Crippen molar-refractivity contribution >= 4 is 28.2 Å². The molecule has 0 bridgehead atoms. The summed E-state index contributed by atoms with van der Waals surface area (Å²) in [6.45, 7) is 4.47. The van der Waals surface area contributed by atoms with Crippen LogP contribution in [0.25, 0.3) is 21.9 Å². The van der Waals surface area contributed by atoms with E-state index in [0.29, 0.717) is 17.4 Å². The number of hydrogen-bond donors (Lipinski definition) is 1. The molecule has 0 atom stereocenters. The number of fused-ring (bicyclic) bond motifs is 1. The van der Waals surface area contributed by atoms with Crippen molar-refractivity contribution in [3.8, 4) is 28.4 Å². The van der Waals surface area contributed by atoms with Gasteiger partial charge in [0.05, 0.1) is 27.0 Å². The zero-order chi connectivity index (χ0) is 23.5. The molecule has 170 valence electrons. The van der Waals surface area contributed by atoms with Crippen LogP contribution >= 0.6 is 11.6 Å². The Morgan fingerprint density at radius 3 is 2.39 bits per heavy atom. The summed E-state index contributed by atoms with van der Waals surface area (Å²) >= 11 is 6.34. The van der Waals surface area contributed by atoms with Crippen LogP contribution in [0.4, 0.5) is 5.82 Å². The maximum absolute atomic E-state index is 6.34. The Bertz CT molecular complexity index is 1320. The van der Waals surface area contributed by atoms with Gasteiger partial charge < -0.3 is 19.5 Å². The van der Waals surface area contributed by atoms with E-state index < -0.39 is 0 Å². The lowest BCUT2D eigenvalue weighted by molar-refractivity contribution is 0.391. The first-order chi connectivity index (χ1) is 15.9. The van der Waals surface area contributed by atoms with Gasteiger partial charge in [-0.05, 0) is 61.4 Å². The maximum atomic E-state index is 6.34. The molecule has 6 nitrogen and oxygen atoms in total. The molecule has 0 unspecified atom stereocenters. The molecular formula is C26H26ClN3O3. The summed E-state index contributed by atoms with van der Waals surface area (Å²) in [6.07, 6.45) is 0. The van der Waals surface area contributed by atoms with E-state index >= 15 is 0 Å². The fourth-order valence-electron chi connectivity index (χ4n) is 3.97. The summed E-state index contributed by atoms with van der Waals surface area (Å²) in [4.78, 5) is 0. The van der Waals surface area contributed by atoms with Crippen molar-refractivity contribution < 1.29 is 14.2 Å². The summed E-state index contributed by atoms with van der Waals surface area (Å²) in [6, 6.07) is 15.8. The van der Waals surface area contributed by atoms with E-state index in [-0.39, 0.29) is 0 Å². The second-order valence-corrected chi connectivity index (χ2v) is 8.17. The summed E-state index contributed by atoms with van der Waals surface area (Å²) in [5.41, 5.74) is 4.77. The first-order valence-electron chi connectivity index (χ1n) is 10.5. The normalized spacial score (nSPS) is 10.8. The second kappa shape index (κ2) is 9.55. The van der Waals surface area contributed by atoms with Gasteiger partial charge in [0, 0.05) is 39.5 Å². The van der Waals surface area contributed by atoms with Crippen LogP contribution in [0.1, 0.15) is 16.8 Å². The number of methoxy groups -OCH3 is 3. The SMILES string of the molecule is COc1ccc(CNc2nnc(C)c3cc(-c4cc(Cl)cc(C)c4OC)ccc23)c(OC)c1. The number of halogens is 1. The molecular weight excluding hydrogens is 438 g/mol. The van der Waals surface area contributed by atoms with E-state index in [1.54, 1.807) is 21.3 Å². The highest BCUT2D eigenvalue weighted by molar-refractivity contribution is 6.31. The summed E-state index contributed by atoms with van der Waals surface area (Å²) in [7, 11) is 4.95.